The highest BCUT2D eigenvalue weighted by Crippen LogP contribution is 2.29. The maximum absolute atomic E-state index is 12.1. The summed E-state index contributed by atoms with van der Waals surface area (Å²) in [6.07, 6.45) is 5.75. The molecule has 1 heterocycles. The molecule has 1 amide bonds. The van der Waals surface area contributed by atoms with Gasteiger partial charge >= 0.3 is 0 Å². The van der Waals surface area contributed by atoms with Crippen LogP contribution in [0.2, 0.25) is 0 Å². The Morgan fingerprint density at radius 3 is 2.88 bits per heavy atom. The second-order valence-corrected chi connectivity index (χ2v) is 5.70. The van der Waals surface area contributed by atoms with E-state index < -0.39 is 0 Å². The number of rotatable bonds is 4. The van der Waals surface area contributed by atoms with Crippen LogP contribution >= 0.6 is 15.9 Å². The zero-order chi connectivity index (χ0) is 12.4. The maximum Gasteiger partial charge on any atom is 0.268 e. The summed E-state index contributed by atoms with van der Waals surface area (Å²) in [5.41, 5.74) is 0.741. The van der Waals surface area contributed by atoms with Crippen LogP contribution in [0.25, 0.3) is 0 Å². The third-order valence-corrected chi connectivity index (χ3v) is 4.09. The number of carbonyl (C=O) groups excluding carboxylic acids is 1. The number of carbonyl (C=O) groups is 1. The molecule has 0 radical (unpaired) electrons. The molecule has 3 nitrogen and oxygen atoms in total. The minimum atomic E-state index is 0.0388. The van der Waals surface area contributed by atoms with Crippen LogP contribution in [-0.4, -0.2) is 16.5 Å². The third kappa shape index (κ3) is 2.73. The van der Waals surface area contributed by atoms with Crippen molar-refractivity contribution in [2.75, 3.05) is 0 Å². The van der Waals surface area contributed by atoms with Gasteiger partial charge in [0.1, 0.15) is 5.69 Å². The monoisotopic (exact) mass is 298 g/mol. The van der Waals surface area contributed by atoms with E-state index in [1.54, 1.807) is 0 Å². The van der Waals surface area contributed by atoms with Crippen LogP contribution < -0.4 is 5.32 Å². The molecule has 1 aromatic rings. The molecule has 94 valence electrons. The van der Waals surface area contributed by atoms with Gasteiger partial charge in [-0.05, 0) is 54.6 Å². The molecule has 4 heteroatoms. The highest BCUT2D eigenvalue weighted by molar-refractivity contribution is 9.10. The minimum Gasteiger partial charge on any atom is -0.348 e. The lowest BCUT2D eigenvalue weighted by Crippen LogP contribution is -2.41. The van der Waals surface area contributed by atoms with Crippen LogP contribution in [0, 0.1) is 5.92 Å². The normalized spacial score (nSPS) is 17.6. The first-order chi connectivity index (χ1) is 8.11. The van der Waals surface area contributed by atoms with Crippen LogP contribution in [0.5, 0.6) is 0 Å². The fourth-order valence-electron chi connectivity index (χ4n) is 2.27. The molecule has 0 aromatic carbocycles. The standard InChI is InChI=1S/C13H19BrN2O/c1-3-16-8-11(14)7-12(16)13(17)15-9(2)10-5-4-6-10/h7-10H,3-6H2,1-2H3,(H,15,17). The van der Waals surface area contributed by atoms with E-state index in [4.69, 9.17) is 0 Å². The largest absolute Gasteiger partial charge is 0.348 e. The Balaban J connectivity index is 2.02. The Morgan fingerprint density at radius 1 is 1.65 bits per heavy atom. The molecule has 1 aromatic heterocycles. The summed E-state index contributed by atoms with van der Waals surface area (Å²) >= 11 is 3.41. The third-order valence-electron chi connectivity index (χ3n) is 3.65. The first kappa shape index (κ1) is 12.7. The highest BCUT2D eigenvalue weighted by Gasteiger charge is 2.25. The summed E-state index contributed by atoms with van der Waals surface area (Å²) in [5, 5.41) is 3.11. The average Bonchev–Trinajstić information content (AvgIpc) is 2.56. The second-order valence-electron chi connectivity index (χ2n) is 4.78. The number of nitrogens with zero attached hydrogens (tertiary/aromatic N) is 1. The Labute approximate surface area is 111 Å². The average molecular weight is 299 g/mol. The topological polar surface area (TPSA) is 34.0 Å². The molecule has 1 aliphatic rings. The predicted octanol–water partition coefficient (Wildman–Crippen LogP) is 3.19. The fourth-order valence-corrected chi connectivity index (χ4v) is 2.73. The molecule has 1 fully saturated rings. The van der Waals surface area contributed by atoms with Gasteiger partial charge in [-0.1, -0.05) is 6.42 Å². The van der Waals surface area contributed by atoms with Gasteiger partial charge in [0.2, 0.25) is 0 Å². The van der Waals surface area contributed by atoms with Crippen molar-refractivity contribution in [3.8, 4) is 0 Å². The molecule has 0 spiro atoms. The van der Waals surface area contributed by atoms with Crippen LogP contribution in [0.4, 0.5) is 0 Å². The lowest BCUT2D eigenvalue weighted by Gasteiger charge is -2.31. The van der Waals surface area contributed by atoms with Crippen LogP contribution in [0.3, 0.4) is 0 Å². The van der Waals surface area contributed by atoms with Crippen molar-refractivity contribution in [2.45, 2.75) is 45.7 Å². The van der Waals surface area contributed by atoms with Gasteiger partial charge in [0.15, 0.2) is 0 Å². The molecule has 1 unspecified atom stereocenters. The number of aryl methyl sites for hydroxylation is 1. The van der Waals surface area contributed by atoms with Crippen molar-refractivity contribution in [1.82, 2.24) is 9.88 Å². The Kier molecular flexibility index (Phi) is 3.92. The number of hydrogen-bond acceptors (Lipinski definition) is 1. The lowest BCUT2D eigenvalue weighted by atomic mass is 9.80. The summed E-state index contributed by atoms with van der Waals surface area (Å²) in [4.78, 5) is 12.1. The van der Waals surface area contributed by atoms with Crippen molar-refractivity contribution in [1.29, 1.82) is 0 Å². The second kappa shape index (κ2) is 5.25. The summed E-state index contributed by atoms with van der Waals surface area (Å²) in [5.74, 6) is 0.712. The number of amides is 1. The Hall–Kier alpha value is -0.770. The van der Waals surface area contributed by atoms with Gasteiger partial charge in [-0.25, -0.2) is 0 Å². The zero-order valence-corrected chi connectivity index (χ0v) is 12.0. The number of hydrogen-bond donors (Lipinski definition) is 1. The van der Waals surface area contributed by atoms with E-state index in [-0.39, 0.29) is 11.9 Å². The Morgan fingerprint density at radius 2 is 2.35 bits per heavy atom. The summed E-state index contributed by atoms with van der Waals surface area (Å²) < 4.78 is 2.92. The SMILES string of the molecule is CCn1cc(Br)cc1C(=O)NC(C)C1CCC1. The molecule has 1 saturated carbocycles. The summed E-state index contributed by atoms with van der Waals surface area (Å²) in [6, 6.07) is 2.17. The minimum absolute atomic E-state index is 0.0388. The molecule has 1 atom stereocenters. The van der Waals surface area contributed by atoms with Gasteiger partial charge in [-0.3, -0.25) is 4.79 Å². The molecule has 1 aliphatic carbocycles. The smallest absolute Gasteiger partial charge is 0.268 e. The molecule has 17 heavy (non-hydrogen) atoms. The van der Waals surface area contributed by atoms with E-state index in [2.05, 4.69) is 28.2 Å². The summed E-state index contributed by atoms with van der Waals surface area (Å²) in [7, 11) is 0. The van der Waals surface area contributed by atoms with Gasteiger partial charge in [-0.15, -0.1) is 0 Å². The molecule has 2 rings (SSSR count). The van der Waals surface area contributed by atoms with Gasteiger partial charge in [0.05, 0.1) is 0 Å². The molecule has 0 saturated heterocycles. The first-order valence-corrected chi connectivity index (χ1v) is 7.07. The van der Waals surface area contributed by atoms with Crippen molar-refractivity contribution in [2.24, 2.45) is 5.92 Å². The van der Waals surface area contributed by atoms with E-state index in [1.165, 1.54) is 19.3 Å². The van der Waals surface area contributed by atoms with Gasteiger partial charge in [-0.2, -0.15) is 0 Å². The molecular weight excluding hydrogens is 280 g/mol. The van der Waals surface area contributed by atoms with Crippen molar-refractivity contribution in [3.63, 3.8) is 0 Å². The van der Waals surface area contributed by atoms with E-state index in [0.29, 0.717) is 5.92 Å². The maximum atomic E-state index is 12.1. The van der Waals surface area contributed by atoms with Gasteiger partial charge < -0.3 is 9.88 Å². The lowest BCUT2D eigenvalue weighted by molar-refractivity contribution is 0.0900. The predicted molar refractivity (Wildman–Crippen MR) is 72.1 cm³/mol. The van der Waals surface area contributed by atoms with Crippen LogP contribution in [0.15, 0.2) is 16.7 Å². The number of aromatic nitrogens is 1. The molecular formula is C13H19BrN2O. The van der Waals surface area contributed by atoms with E-state index >= 15 is 0 Å². The van der Waals surface area contributed by atoms with Crippen LogP contribution in [-0.2, 0) is 6.54 Å². The van der Waals surface area contributed by atoms with E-state index in [0.717, 1.165) is 16.7 Å². The quantitative estimate of drug-likeness (QED) is 0.910. The number of nitrogens with one attached hydrogen (secondary N) is 1. The highest BCUT2D eigenvalue weighted by atomic mass is 79.9. The summed E-state index contributed by atoms with van der Waals surface area (Å²) in [6.45, 7) is 4.96. The van der Waals surface area contributed by atoms with Crippen molar-refractivity contribution < 1.29 is 4.79 Å². The van der Waals surface area contributed by atoms with Gasteiger partial charge in [0.25, 0.3) is 5.91 Å². The van der Waals surface area contributed by atoms with Crippen molar-refractivity contribution >= 4 is 21.8 Å². The molecule has 0 aliphatic heterocycles. The fraction of sp³-hybridized carbons (Fsp3) is 0.615. The Bertz CT molecular complexity index is 410. The van der Waals surface area contributed by atoms with Crippen LogP contribution in [0.1, 0.15) is 43.6 Å². The molecule has 1 N–H and O–H groups in total. The van der Waals surface area contributed by atoms with Crippen molar-refractivity contribution in [3.05, 3.63) is 22.4 Å². The van der Waals surface area contributed by atoms with E-state index in [9.17, 15) is 4.79 Å². The zero-order valence-electron chi connectivity index (χ0n) is 10.4. The first-order valence-electron chi connectivity index (χ1n) is 6.28. The van der Waals surface area contributed by atoms with E-state index in [1.807, 2.05) is 23.8 Å². The number of halogens is 1. The van der Waals surface area contributed by atoms with Gasteiger partial charge in [0, 0.05) is 23.3 Å². The molecule has 0 bridgehead atoms.